The Hall–Kier alpha value is -1.55. The summed E-state index contributed by atoms with van der Waals surface area (Å²) >= 11 is 0. The van der Waals surface area contributed by atoms with Crippen molar-refractivity contribution in [3.05, 3.63) is 29.3 Å². The summed E-state index contributed by atoms with van der Waals surface area (Å²) in [7, 11) is 0. The van der Waals surface area contributed by atoms with E-state index >= 15 is 0 Å². The molecule has 0 aliphatic heterocycles. The molecule has 1 aromatic carbocycles. The first-order valence-electron chi connectivity index (χ1n) is 4.30. The molecule has 0 aliphatic rings. The zero-order chi connectivity index (χ0) is 10.6. The minimum absolute atomic E-state index is 0.00733. The number of nitrogen functional groups attached to an aromatic ring is 1. The quantitative estimate of drug-likeness (QED) is 0.550. The van der Waals surface area contributed by atoms with Crippen LogP contribution in [0.1, 0.15) is 15.9 Å². The Labute approximate surface area is 82.3 Å². The van der Waals surface area contributed by atoms with Gasteiger partial charge in [-0.05, 0) is 18.6 Å². The number of esters is 1. The van der Waals surface area contributed by atoms with Gasteiger partial charge in [0.1, 0.15) is 6.61 Å². The highest BCUT2D eigenvalue weighted by Gasteiger charge is 2.13. The van der Waals surface area contributed by atoms with Crippen molar-refractivity contribution in [3.8, 4) is 0 Å². The lowest BCUT2D eigenvalue weighted by molar-refractivity contribution is 0.0434. The van der Waals surface area contributed by atoms with Crippen molar-refractivity contribution in [2.24, 2.45) is 0 Å². The van der Waals surface area contributed by atoms with E-state index in [2.05, 4.69) is 0 Å². The normalized spacial score (nSPS) is 9.86. The van der Waals surface area contributed by atoms with Crippen LogP contribution in [0.15, 0.2) is 18.2 Å². The fourth-order valence-electron chi connectivity index (χ4n) is 1.18. The molecule has 4 heteroatoms. The molecular weight excluding hydrogens is 182 g/mol. The van der Waals surface area contributed by atoms with Gasteiger partial charge < -0.3 is 15.6 Å². The zero-order valence-electron chi connectivity index (χ0n) is 7.99. The van der Waals surface area contributed by atoms with Crippen LogP contribution in [-0.4, -0.2) is 24.3 Å². The summed E-state index contributed by atoms with van der Waals surface area (Å²) in [5.41, 5.74) is 7.17. The number of aliphatic hydroxyl groups excluding tert-OH is 1. The average Bonchev–Trinajstić information content (AvgIpc) is 2.14. The topological polar surface area (TPSA) is 72.6 Å². The van der Waals surface area contributed by atoms with E-state index in [0.29, 0.717) is 11.3 Å². The molecular formula is C10H13NO3. The third-order valence-corrected chi connectivity index (χ3v) is 1.83. The van der Waals surface area contributed by atoms with Crippen LogP contribution in [0.5, 0.6) is 0 Å². The van der Waals surface area contributed by atoms with E-state index < -0.39 is 5.97 Å². The second-order valence-corrected chi connectivity index (χ2v) is 2.90. The van der Waals surface area contributed by atoms with Crippen molar-refractivity contribution < 1.29 is 14.6 Å². The van der Waals surface area contributed by atoms with E-state index in [0.717, 1.165) is 5.56 Å². The molecule has 0 atom stereocenters. The number of aliphatic hydroxyl groups is 1. The van der Waals surface area contributed by atoms with E-state index in [1.807, 2.05) is 0 Å². The van der Waals surface area contributed by atoms with Gasteiger partial charge in [-0.25, -0.2) is 4.79 Å². The van der Waals surface area contributed by atoms with E-state index in [1.54, 1.807) is 25.1 Å². The van der Waals surface area contributed by atoms with Gasteiger partial charge in [-0.3, -0.25) is 0 Å². The molecule has 0 spiro atoms. The minimum Gasteiger partial charge on any atom is -0.460 e. The van der Waals surface area contributed by atoms with Crippen molar-refractivity contribution in [2.45, 2.75) is 6.92 Å². The monoisotopic (exact) mass is 195 g/mol. The lowest BCUT2D eigenvalue weighted by atomic mass is 10.1. The first-order chi connectivity index (χ1) is 6.66. The Morgan fingerprint density at radius 2 is 2.29 bits per heavy atom. The first-order valence-corrected chi connectivity index (χ1v) is 4.30. The number of benzene rings is 1. The predicted octanol–water partition coefficient (Wildman–Crippen LogP) is 0.726. The van der Waals surface area contributed by atoms with E-state index in [-0.39, 0.29) is 13.2 Å². The number of carbonyl (C=O) groups excluding carboxylic acids is 1. The van der Waals surface area contributed by atoms with Crippen LogP contribution in [0.4, 0.5) is 5.69 Å². The van der Waals surface area contributed by atoms with Crippen molar-refractivity contribution in [2.75, 3.05) is 18.9 Å². The van der Waals surface area contributed by atoms with Gasteiger partial charge >= 0.3 is 5.97 Å². The van der Waals surface area contributed by atoms with Gasteiger partial charge in [-0.15, -0.1) is 0 Å². The Kier molecular flexibility index (Phi) is 3.48. The van der Waals surface area contributed by atoms with Crippen LogP contribution in [0.3, 0.4) is 0 Å². The van der Waals surface area contributed by atoms with Crippen LogP contribution in [-0.2, 0) is 4.74 Å². The number of ether oxygens (including phenoxy) is 1. The number of nitrogens with two attached hydrogens (primary N) is 1. The third-order valence-electron chi connectivity index (χ3n) is 1.83. The van der Waals surface area contributed by atoms with Gasteiger partial charge in [0.15, 0.2) is 0 Å². The zero-order valence-corrected chi connectivity index (χ0v) is 7.99. The van der Waals surface area contributed by atoms with Crippen molar-refractivity contribution >= 4 is 11.7 Å². The summed E-state index contributed by atoms with van der Waals surface area (Å²) in [4.78, 5) is 11.4. The van der Waals surface area contributed by atoms with Crippen LogP contribution in [0, 0.1) is 6.92 Å². The summed E-state index contributed by atoms with van der Waals surface area (Å²) in [5.74, 6) is -0.491. The highest BCUT2D eigenvalue weighted by molar-refractivity contribution is 5.96. The van der Waals surface area contributed by atoms with Crippen LogP contribution >= 0.6 is 0 Å². The molecule has 3 N–H and O–H groups in total. The van der Waals surface area contributed by atoms with Gasteiger partial charge in [-0.2, -0.15) is 0 Å². The smallest absolute Gasteiger partial charge is 0.340 e. The highest BCUT2D eigenvalue weighted by atomic mass is 16.5. The summed E-state index contributed by atoms with van der Waals surface area (Å²) in [5, 5.41) is 8.49. The molecule has 76 valence electrons. The lowest BCUT2D eigenvalue weighted by Crippen LogP contribution is -2.12. The SMILES string of the molecule is Cc1cccc(N)c1C(=O)OCCO. The maximum Gasteiger partial charge on any atom is 0.340 e. The van der Waals surface area contributed by atoms with Crippen molar-refractivity contribution in [1.29, 1.82) is 0 Å². The number of carbonyl (C=O) groups is 1. The number of anilines is 1. The van der Waals surface area contributed by atoms with E-state index in [1.165, 1.54) is 0 Å². The maximum absolute atomic E-state index is 11.4. The van der Waals surface area contributed by atoms with Crippen molar-refractivity contribution in [3.63, 3.8) is 0 Å². The minimum atomic E-state index is -0.491. The fourth-order valence-corrected chi connectivity index (χ4v) is 1.18. The molecule has 0 aliphatic carbocycles. The Morgan fingerprint density at radius 1 is 1.57 bits per heavy atom. The van der Waals surface area contributed by atoms with Crippen LogP contribution in [0.25, 0.3) is 0 Å². The summed E-state index contributed by atoms with van der Waals surface area (Å²) in [6, 6.07) is 5.20. The van der Waals surface area contributed by atoms with E-state index in [4.69, 9.17) is 15.6 Å². The number of hydrogen-bond donors (Lipinski definition) is 2. The van der Waals surface area contributed by atoms with Crippen LogP contribution in [0.2, 0.25) is 0 Å². The van der Waals surface area contributed by atoms with Gasteiger partial charge in [0, 0.05) is 5.69 Å². The number of rotatable bonds is 3. The second kappa shape index (κ2) is 4.62. The third kappa shape index (κ3) is 2.23. The van der Waals surface area contributed by atoms with Gasteiger partial charge in [0.2, 0.25) is 0 Å². The standard InChI is InChI=1S/C10H13NO3/c1-7-3-2-4-8(11)9(7)10(13)14-6-5-12/h2-4,12H,5-6,11H2,1H3. The van der Waals surface area contributed by atoms with Crippen LogP contribution < -0.4 is 5.73 Å². The molecule has 0 aromatic heterocycles. The van der Waals surface area contributed by atoms with E-state index in [9.17, 15) is 4.79 Å². The largest absolute Gasteiger partial charge is 0.460 e. The molecule has 0 heterocycles. The Bertz CT molecular complexity index is 316. The van der Waals surface area contributed by atoms with Gasteiger partial charge in [0.25, 0.3) is 0 Å². The Balaban J connectivity index is 2.89. The van der Waals surface area contributed by atoms with Gasteiger partial charge in [0.05, 0.1) is 12.2 Å². The molecule has 0 radical (unpaired) electrons. The molecule has 0 saturated heterocycles. The molecule has 0 fully saturated rings. The fraction of sp³-hybridized carbons (Fsp3) is 0.300. The maximum atomic E-state index is 11.4. The second-order valence-electron chi connectivity index (χ2n) is 2.90. The molecule has 0 bridgehead atoms. The predicted molar refractivity (Wildman–Crippen MR) is 53.0 cm³/mol. The molecule has 0 unspecified atom stereocenters. The number of hydrogen-bond acceptors (Lipinski definition) is 4. The first kappa shape index (κ1) is 10.5. The summed E-state index contributed by atoms with van der Waals surface area (Å²) in [6.07, 6.45) is 0. The molecule has 1 rings (SSSR count). The molecule has 14 heavy (non-hydrogen) atoms. The highest BCUT2D eigenvalue weighted by Crippen LogP contribution is 2.16. The lowest BCUT2D eigenvalue weighted by Gasteiger charge is -2.08. The molecule has 1 aromatic rings. The summed E-state index contributed by atoms with van der Waals surface area (Å²) < 4.78 is 4.77. The summed E-state index contributed by atoms with van der Waals surface area (Å²) in [6.45, 7) is 1.59. The molecule has 4 nitrogen and oxygen atoms in total. The molecule has 0 saturated carbocycles. The van der Waals surface area contributed by atoms with Gasteiger partial charge in [-0.1, -0.05) is 12.1 Å². The Morgan fingerprint density at radius 3 is 2.86 bits per heavy atom. The average molecular weight is 195 g/mol. The number of aryl methyl sites for hydroxylation is 1. The molecule has 0 amide bonds. The van der Waals surface area contributed by atoms with Crippen molar-refractivity contribution in [1.82, 2.24) is 0 Å².